The average molecular weight is 331 g/mol. The van der Waals surface area contributed by atoms with Crippen LogP contribution in [0, 0.1) is 0 Å². The highest BCUT2D eigenvalue weighted by atomic mass is 32.1. The summed E-state index contributed by atoms with van der Waals surface area (Å²) in [6, 6.07) is 7.03. The lowest BCUT2D eigenvalue weighted by Gasteiger charge is -2.31. The number of nitrogens with one attached hydrogen (secondary N) is 1. The number of rotatable bonds is 3. The number of fused-ring (bicyclic) bond motifs is 2. The van der Waals surface area contributed by atoms with Gasteiger partial charge in [-0.2, -0.15) is 5.10 Å². The molecule has 8 nitrogen and oxygen atoms in total. The molecule has 1 atom stereocenters. The zero-order chi connectivity index (χ0) is 16.0. The Morgan fingerprint density at radius 1 is 1.43 bits per heavy atom. The first-order chi connectivity index (χ1) is 11.1. The standard InChI is InChI=1S/C14H13N5O3S/c20-13(21)9-5-19-11(16-17-14(19)22)6-18(9)7-12-15-8-3-1-2-4-10(8)23-12/h1-4,9H,5-7H2,(H,17,22)(H,20,21). The Labute approximate surface area is 134 Å². The molecule has 0 spiro atoms. The van der Waals surface area contributed by atoms with Crippen molar-refractivity contribution in [2.75, 3.05) is 0 Å². The average Bonchev–Trinajstić information content (AvgIpc) is 3.09. The fourth-order valence-electron chi connectivity index (χ4n) is 2.80. The van der Waals surface area contributed by atoms with Crippen molar-refractivity contribution in [3.8, 4) is 0 Å². The number of carbonyl (C=O) groups is 1. The van der Waals surface area contributed by atoms with E-state index in [-0.39, 0.29) is 12.2 Å². The normalized spacial score (nSPS) is 18.2. The van der Waals surface area contributed by atoms with Crippen molar-refractivity contribution >= 4 is 27.5 Å². The van der Waals surface area contributed by atoms with Crippen LogP contribution in [0.25, 0.3) is 10.2 Å². The first-order valence-corrected chi connectivity index (χ1v) is 7.89. The number of para-hydroxylation sites is 1. The number of thiazole rings is 1. The van der Waals surface area contributed by atoms with Gasteiger partial charge in [-0.1, -0.05) is 12.1 Å². The maximum atomic E-state index is 11.6. The van der Waals surface area contributed by atoms with Gasteiger partial charge in [0.2, 0.25) is 0 Å². The van der Waals surface area contributed by atoms with Crippen LogP contribution < -0.4 is 5.69 Å². The number of aromatic nitrogens is 4. The second kappa shape index (κ2) is 5.28. The molecule has 0 radical (unpaired) electrons. The van der Waals surface area contributed by atoms with Crippen LogP contribution in [0.3, 0.4) is 0 Å². The van der Waals surface area contributed by atoms with E-state index in [1.165, 1.54) is 4.57 Å². The summed E-state index contributed by atoms with van der Waals surface area (Å²) in [4.78, 5) is 29.5. The van der Waals surface area contributed by atoms with E-state index in [2.05, 4.69) is 15.2 Å². The summed E-state index contributed by atoms with van der Waals surface area (Å²) in [6.07, 6.45) is 0. The van der Waals surface area contributed by atoms with Crippen LogP contribution in [0.1, 0.15) is 10.8 Å². The number of nitrogens with zero attached hydrogens (tertiary/aromatic N) is 4. The van der Waals surface area contributed by atoms with Crippen LogP contribution in [-0.2, 0) is 24.4 Å². The molecule has 23 heavy (non-hydrogen) atoms. The van der Waals surface area contributed by atoms with Gasteiger partial charge in [0.25, 0.3) is 0 Å². The van der Waals surface area contributed by atoms with Crippen LogP contribution in [0.5, 0.6) is 0 Å². The minimum absolute atomic E-state index is 0.0882. The van der Waals surface area contributed by atoms with Gasteiger partial charge in [0, 0.05) is 0 Å². The topological polar surface area (TPSA) is 104 Å². The lowest BCUT2D eigenvalue weighted by molar-refractivity contribution is -0.145. The number of aliphatic carboxylic acids is 1. The Balaban J connectivity index is 1.66. The van der Waals surface area contributed by atoms with Gasteiger partial charge in [0.05, 0.1) is 29.9 Å². The number of hydrogen-bond donors (Lipinski definition) is 2. The predicted molar refractivity (Wildman–Crippen MR) is 83.1 cm³/mol. The number of hydrogen-bond acceptors (Lipinski definition) is 6. The molecular weight excluding hydrogens is 318 g/mol. The Morgan fingerprint density at radius 3 is 3.04 bits per heavy atom. The van der Waals surface area contributed by atoms with Crippen LogP contribution in [0.4, 0.5) is 0 Å². The first kappa shape index (κ1) is 14.1. The van der Waals surface area contributed by atoms with Crippen molar-refractivity contribution in [2.24, 2.45) is 0 Å². The molecule has 0 bridgehead atoms. The van der Waals surface area contributed by atoms with Crippen molar-refractivity contribution in [1.82, 2.24) is 24.6 Å². The van der Waals surface area contributed by atoms with Crippen LogP contribution in [0.15, 0.2) is 29.1 Å². The molecule has 3 aromatic rings. The van der Waals surface area contributed by atoms with E-state index < -0.39 is 12.0 Å². The molecule has 1 unspecified atom stereocenters. The molecule has 0 saturated heterocycles. The molecule has 0 fully saturated rings. The molecule has 3 heterocycles. The largest absolute Gasteiger partial charge is 0.480 e. The molecule has 2 N–H and O–H groups in total. The number of aromatic amines is 1. The quantitative estimate of drug-likeness (QED) is 0.730. The number of carboxylic acids is 1. The summed E-state index contributed by atoms with van der Waals surface area (Å²) >= 11 is 1.55. The highest BCUT2D eigenvalue weighted by Crippen LogP contribution is 2.25. The number of H-pyrrole nitrogens is 1. The lowest BCUT2D eigenvalue weighted by atomic mass is 10.2. The summed E-state index contributed by atoms with van der Waals surface area (Å²) in [5.41, 5.74) is 0.541. The molecule has 2 aromatic heterocycles. The molecule has 4 rings (SSSR count). The van der Waals surface area contributed by atoms with Gasteiger partial charge in [-0.15, -0.1) is 11.3 Å². The van der Waals surface area contributed by atoms with Crippen LogP contribution in [-0.4, -0.2) is 41.8 Å². The summed E-state index contributed by atoms with van der Waals surface area (Å²) in [5, 5.41) is 16.7. The van der Waals surface area contributed by atoms with Gasteiger partial charge >= 0.3 is 11.7 Å². The molecular formula is C14H13N5O3S. The van der Waals surface area contributed by atoms with E-state index >= 15 is 0 Å². The van der Waals surface area contributed by atoms with Crippen LogP contribution in [0.2, 0.25) is 0 Å². The number of carboxylic acid groups (broad SMARTS) is 1. The Hall–Kier alpha value is -2.52. The first-order valence-electron chi connectivity index (χ1n) is 7.07. The lowest BCUT2D eigenvalue weighted by Crippen LogP contribution is -2.49. The Bertz CT molecular complexity index is 910. The smallest absolute Gasteiger partial charge is 0.343 e. The molecule has 0 saturated carbocycles. The third kappa shape index (κ3) is 2.43. The second-order valence-electron chi connectivity index (χ2n) is 5.39. The van der Waals surface area contributed by atoms with E-state index in [0.717, 1.165) is 15.2 Å². The Kier molecular flexibility index (Phi) is 3.24. The predicted octanol–water partition coefficient (Wildman–Crippen LogP) is 0.650. The van der Waals surface area contributed by atoms with Gasteiger partial charge in [0.15, 0.2) is 0 Å². The summed E-state index contributed by atoms with van der Waals surface area (Å²) < 4.78 is 2.45. The second-order valence-corrected chi connectivity index (χ2v) is 6.51. The Morgan fingerprint density at radius 2 is 2.26 bits per heavy atom. The minimum atomic E-state index is -0.954. The molecule has 1 aliphatic heterocycles. The minimum Gasteiger partial charge on any atom is -0.480 e. The van der Waals surface area contributed by atoms with Crippen LogP contribution >= 0.6 is 11.3 Å². The van der Waals surface area contributed by atoms with Crippen molar-refractivity contribution in [3.05, 3.63) is 45.6 Å². The SMILES string of the molecule is O=C(O)C1Cn2c(n[nH]c2=O)CN1Cc1nc2ccccc2s1. The van der Waals surface area contributed by atoms with E-state index in [1.54, 1.807) is 16.2 Å². The van der Waals surface area contributed by atoms with Crippen molar-refractivity contribution in [1.29, 1.82) is 0 Å². The third-order valence-electron chi connectivity index (χ3n) is 3.94. The van der Waals surface area contributed by atoms with E-state index in [9.17, 15) is 14.7 Å². The third-order valence-corrected chi connectivity index (χ3v) is 4.96. The summed E-state index contributed by atoms with van der Waals surface area (Å²) in [6.45, 7) is 0.799. The fourth-order valence-corrected chi connectivity index (χ4v) is 3.79. The van der Waals surface area contributed by atoms with Crippen molar-refractivity contribution in [3.63, 3.8) is 0 Å². The van der Waals surface area contributed by atoms with Gasteiger partial charge < -0.3 is 5.11 Å². The molecule has 1 aromatic carbocycles. The highest BCUT2D eigenvalue weighted by Gasteiger charge is 2.33. The monoisotopic (exact) mass is 331 g/mol. The zero-order valence-corrected chi connectivity index (χ0v) is 12.8. The van der Waals surface area contributed by atoms with E-state index in [4.69, 9.17) is 0 Å². The molecule has 0 amide bonds. The van der Waals surface area contributed by atoms with Gasteiger partial charge in [-0.25, -0.2) is 14.9 Å². The number of benzene rings is 1. The summed E-state index contributed by atoms with van der Waals surface area (Å²) in [5.74, 6) is -0.404. The van der Waals surface area contributed by atoms with Gasteiger partial charge in [-0.3, -0.25) is 14.3 Å². The molecule has 9 heteroatoms. The van der Waals surface area contributed by atoms with Gasteiger partial charge in [-0.05, 0) is 12.1 Å². The van der Waals surface area contributed by atoms with Crippen molar-refractivity contribution in [2.45, 2.75) is 25.7 Å². The fraction of sp³-hybridized carbons (Fsp3) is 0.286. The summed E-state index contributed by atoms with van der Waals surface area (Å²) in [7, 11) is 0. The van der Waals surface area contributed by atoms with Crippen molar-refractivity contribution < 1.29 is 9.90 Å². The molecule has 1 aliphatic rings. The maximum Gasteiger partial charge on any atom is 0.343 e. The maximum absolute atomic E-state index is 11.6. The molecule has 118 valence electrons. The highest BCUT2D eigenvalue weighted by molar-refractivity contribution is 7.18. The molecule has 0 aliphatic carbocycles. The van der Waals surface area contributed by atoms with E-state index in [0.29, 0.717) is 18.9 Å². The zero-order valence-electron chi connectivity index (χ0n) is 12.0. The van der Waals surface area contributed by atoms with E-state index in [1.807, 2.05) is 24.3 Å². The van der Waals surface area contributed by atoms with Gasteiger partial charge in [0.1, 0.15) is 16.9 Å².